The van der Waals surface area contributed by atoms with Crippen LogP contribution in [0.2, 0.25) is 0 Å². The Labute approximate surface area is 376 Å². The molecule has 0 amide bonds. The Morgan fingerprint density at radius 3 is 1.37 bits per heavy atom. The molecule has 0 saturated heterocycles. The first-order valence-corrected chi connectivity index (χ1v) is 22.6. The van der Waals surface area contributed by atoms with E-state index in [0.717, 1.165) is 5.69 Å². The lowest BCUT2D eigenvalue weighted by molar-refractivity contribution is 0.769. The van der Waals surface area contributed by atoms with Crippen molar-refractivity contribution >= 4 is 65.2 Å². The molecule has 0 atom stereocenters. The highest BCUT2D eigenvalue weighted by atomic mass is 15.0. The molecule has 2 nitrogen and oxygen atoms in total. The summed E-state index contributed by atoms with van der Waals surface area (Å²) in [5.41, 5.74) is 16.8. The van der Waals surface area contributed by atoms with Gasteiger partial charge >= 0.3 is 0 Å². The first-order valence-electron chi connectivity index (χ1n) is 22.6. The summed E-state index contributed by atoms with van der Waals surface area (Å²) in [5, 5.41) is 9.93. The van der Waals surface area contributed by atoms with Crippen LogP contribution in [0.4, 0.5) is 0 Å². The predicted octanol–water partition coefficient (Wildman–Crippen LogP) is 16.2. The fourth-order valence-corrected chi connectivity index (χ4v) is 11.5. The minimum absolute atomic E-state index is 0.498. The molecule has 2 heterocycles. The number of benzene rings is 11. The Kier molecular flexibility index (Phi) is 7.64. The second-order valence-corrected chi connectivity index (χ2v) is 17.7. The molecule has 2 aromatic heterocycles. The van der Waals surface area contributed by atoms with Gasteiger partial charge in [-0.2, -0.15) is 0 Å². The smallest absolute Gasteiger partial charge is 0.0713 e. The van der Waals surface area contributed by atoms with Gasteiger partial charge in [0.15, 0.2) is 0 Å². The number of hydrogen-bond donors (Lipinski definition) is 0. The van der Waals surface area contributed by atoms with Gasteiger partial charge in [-0.05, 0) is 133 Å². The summed E-state index contributed by atoms with van der Waals surface area (Å²) in [6.45, 7) is 0. The SMILES string of the molecule is c1ccc(C2(c3ccccc3)c3ccccc3-c3cc4c(cc32)c2cc(-c3ccc5c(c3)c3ccccc3n5-c3ccc5ccccc5c3)ccc2n4-c2ccc3ccccc3c2)cc1. The van der Waals surface area contributed by atoms with E-state index in [4.69, 9.17) is 0 Å². The van der Waals surface area contributed by atoms with Crippen LogP contribution in [-0.2, 0) is 5.41 Å². The first kappa shape index (κ1) is 36.1. The summed E-state index contributed by atoms with van der Waals surface area (Å²) in [7, 11) is 0. The fraction of sp³-hybridized carbons (Fsp3) is 0.0159. The van der Waals surface area contributed by atoms with Gasteiger partial charge in [-0.15, -0.1) is 0 Å². The molecule has 0 fully saturated rings. The Morgan fingerprint density at radius 2 is 0.738 bits per heavy atom. The molecule has 0 saturated carbocycles. The molecule has 0 spiro atoms. The molecule has 13 aromatic rings. The minimum Gasteiger partial charge on any atom is -0.309 e. The third kappa shape index (κ3) is 5.17. The summed E-state index contributed by atoms with van der Waals surface area (Å²) >= 11 is 0. The molecular weight excluding hydrogens is 785 g/mol. The predicted molar refractivity (Wildman–Crippen MR) is 273 cm³/mol. The van der Waals surface area contributed by atoms with E-state index in [1.54, 1.807) is 0 Å². The van der Waals surface area contributed by atoms with Crippen LogP contribution < -0.4 is 0 Å². The van der Waals surface area contributed by atoms with Gasteiger partial charge in [-0.25, -0.2) is 0 Å². The van der Waals surface area contributed by atoms with Crippen molar-refractivity contribution in [2.24, 2.45) is 0 Å². The minimum atomic E-state index is -0.498. The van der Waals surface area contributed by atoms with Crippen molar-refractivity contribution in [1.29, 1.82) is 0 Å². The number of hydrogen-bond acceptors (Lipinski definition) is 0. The number of para-hydroxylation sites is 1. The quantitative estimate of drug-likeness (QED) is 0.164. The van der Waals surface area contributed by atoms with Crippen molar-refractivity contribution in [3.05, 3.63) is 265 Å². The molecule has 0 N–H and O–H groups in total. The third-order valence-electron chi connectivity index (χ3n) is 14.3. The maximum absolute atomic E-state index is 2.54. The summed E-state index contributed by atoms with van der Waals surface area (Å²) in [5.74, 6) is 0. The van der Waals surface area contributed by atoms with Gasteiger partial charge in [0.25, 0.3) is 0 Å². The van der Waals surface area contributed by atoms with Crippen LogP contribution in [0.5, 0.6) is 0 Å². The van der Waals surface area contributed by atoms with Crippen LogP contribution in [-0.4, -0.2) is 9.13 Å². The summed E-state index contributed by atoms with van der Waals surface area (Å²) in [6.07, 6.45) is 0. The number of nitrogens with zero attached hydrogens (tertiary/aromatic N) is 2. The molecule has 11 aromatic carbocycles. The molecule has 65 heavy (non-hydrogen) atoms. The first-order chi connectivity index (χ1) is 32.2. The van der Waals surface area contributed by atoms with Crippen LogP contribution in [0.3, 0.4) is 0 Å². The standard InChI is InChI=1S/C63H40N2/c1-3-19-47(20-4-1)63(48-21-5-2-6-22-48)57-25-13-11-23-51(57)53-40-62-56(39-58(53)63)55-38-46(30-34-61(55)65(62)50-32-28-42-16-8-10-18-44(42)36-50)45-29-33-60-54(37-45)52-24-12-14-26-59(52)64(60)49-31-27-41-15-7-9-17-43(41)35-49/h1-40H. The fourth-order valence-electron chi connectivity index (χ4n) is 11.5. The van der Waals surface area contributed by atoms with Crippen molar-refractivity contribution in [3.63, 3.8) is 0 Å². The monoisotopic (exact) mass is 824 g/mol. The van der Waals surface area contributed by atoms with E-state index < -0.39 is 5.41 Å². The molecule has 2 heteroatoms. The zero-order chi connectivity index (χ0) is 42.6. The molecule has 0 unspecified atom stereocenters. The van der Waals surface area contributed by atoms with Crippen molar-refractivity contribution in [2.75, 3.05) is 0 Å². The Bertz CT molecular complexity index is 4020. The van der Waals surface area contributed by atoms with Gasteiger partial charge in [0.05, 0.1) is 27.5 Å². The third-order valence-corrected chi connectivity index (χ3v) is 14.3. The molecule has 1 aliphatic carbocycles. The largest absolute Gasteiger partial charge is 0.309 e. The lowest BCUT2D eigenvalue weighted by Crippen LogP contribution is -2.28. The van der Waals surface area contributed by atoms with Gasteiger partial charge in [-0.3, -0.25) is 0 Å². The molecule has 0 bridgehead atoms. The van der Waals surface area contributed by atoms with Crippen LogP contribution in [0.25, 0.3) is 98.8 Å². The van der Waals surface area contributed by atoms with Crippen molar-refractivity contribution < 1.29 is 0 Å². The van der Waals surface area contributed by atoms with E-state index in [0.29, 0.717) is 0 Å². The van der Waals surface area contributed by atoms with E-state index in [1.807, 2.05) is 0 Å². The summed E-state index contributed by atoms with van der Waals surface area (Å²) in [6, 6.07) is 90.3. The molecule has 302 valence electrons. The van der Waals surface area contributed by atoms with Gasteiger partial charge < -0.3 is 9.13 Å². The lowest BCUT2D eigenvalue weighted by atomic mass is 9.67. The average molecular weight is 825 g/mol. The zero-order valence-electron chi connectivity index (χ0n) is 35.5. The normalized spacial score (nSPS) is 13.0. The van der Waals surface area contributed by atoms with E-state index in [9.17, 15) is 0 Å². The Morgan fingerprint density at radius 1 is 0.262 bits per heavy atom. The van der Waals surface area contributed by atoms with Crippen LogP contribution in [0.15, 0.2) is 243 Å². The number of fused-ring (bicyclic) bond motifs is 11. The second-order valence-electron chi connectivity index (χ2n) is 17.7. The van der Waals surface area contributed by atoms with Crippen molar-refractivity contribution in [1.82, 2.24) is 9.13 Å². The molecular formula is C63H40N2. The number of aromatic nitrogens is 2. The summed E-state index contributed by atoms with van der Waals surface area (Å²) in [4.78, 5) is 0. The maximum Gasteiger partial charge on any atom is 0.0713 e. The van der Waals surface area contributed by atoms with Gasteiger partial charge in [0, 0.05) is 32.9 Å². The van der Waals surface area contributed by atoms with Crippen LogP contribution in [0, 0.1) is 0 Å². The topological polar surface area (TPSA) is 9.86 Å². The van der Waals surface area contributed by atoms with Gasteiger partial charge in [-0.1, -0.05) is 176 Å². The van der Waals surface area contributed by atoms with E-state index in [2.05, 4.69) is 252 Å². The molecule has 14 rings (SSSR count). The maximum atomic E-state index is 2.54. The molecule has 0 aliphatic heterocycles. The molecule has 1 aliphatic rings. The zero-order valence-corrected chi connectivity index (χ0v) is 35.5. The van der Waals surface area contributed by atoms with Crippen LogP contribution >= 0.6 is 0 Å². The van der Waals surface area contributed by atoms with Gasteiger partial charge in [0.1, 0.15) is 0 Å². The van der Waals surface area contributed by atoms with Crippen molar-refractivity contribution in [2.45, 2.75) is 5.41 Å². The average Bonchev–Trinajstić information content (AvgIpc) is 3.99. The second kappa shape index (κ2) is 13.8. The van der Waals surface area contributed by atoms with Crippen LogP contribution in [0.1, 0.15) is 22.3 Å². The Balaban J connectivity index is 1.04. The van der Waals surface area contributed by atoms with Crippen molar-refractivity contribution in [3.8, 4) is 33.6 Å². The van der Waals surface area contributed by atoms with E-state index in [-0.39, 0.29) is 0 Å². The van der Waals surface area contributed by atoms with E-state index >= 15 is 0 Å². The molecule has 0 radical (unpaired) electrons. The summed E-state index contributed by atoms with van der Waals surface area (Å²) < 4.78 is 4.92. The van der Waals surface area contributed by atoms with E-state index in [1.165, 1.54) is 115 Å². The number of rotatable bonds is 5. The highest BCUT2D eigenvalue weighted by Crippen LogP contribution is 2.57. The lowest BCUT2D eigenvalue weighted by Gasteiger charge is -2.34. The highest BCUT2D eigenvalue weighted by Gasteiger charge is 2.46. The van der Waals surface area contributed by atoms with Gasteiger partial charge in [0.2, 0.25) is 0 Å². The highest BCUT2D eigenvalue weighted by molar-refractivity contribution is 6.14. The Hall–Kier alpha value is -8.46.